The molecule has 1 N–H and O–H groups in total. The van der Waals surface area contributed by atoms with Crippen molar-refractivity contribution >= 4 is 17.0 Å². The van der Waals surface area contributed by atoms with Crippen molar-refractivity contribution in [2.45, 2.75) is 41.0 Å². The number of H-pyrrole nitrogens is 1. The lowest BCUT2D eigenvalue weighted by Crippen LogP contribution is -1.78. The first-order valence-electron chi connectivity index (χ1n) is 6.47. The van der Waals surface area contributed by atoms with Gasteiger partial charge in [-0.25, -0.2) is 0 Å². The molecule has 1 nitrogen and oxygen atoms in total. The zero-order valence-corrected chi connectivity index (χ0v) is 11.6. The first-order chi connectivity index (χ1) is 8.22. The van der Waals surface area contributed by atoms with E-state index >= 15 is 0 Å². The highest BCUT2D eigenvalue weighted by atomic mass is 14.7. The fourth-order valence-electron chi connectivity index (χ4n) is 1.80. The number of aryl methyl sites for hydroxylation is 1. The SMILES string of the molecule is CC.CC/C(C)=C\c1[nH]c2ccccc2c1C. The highest BCUT2D eigenvalue weighted by Crippen LogP contribution is 2.23. The number of aromatic nitrogens is 1. The number of hydrogen-bond acceptors (Lipinski definition) is 0. The molecule has 1 aromatic heterocycles. The summed E-state index contributed by atoms with van der Waals surface area (Å²) in [6.45, 7) is 10.5. The van der Waals surface area contributed by atoms with Gasteiger partial charge < -0.3 is 4.98 Å². The van der Waals surface area contributed by atoms with E-state index < -0.39 is 0 Å². The van der Waals surface area contributed by atoms with Crippen LogP contribution in [0.5, 0.6) is 0 Å². The lowest BCUT2D eigenvalue weighted by molar-refractivity contribution is 1.11. The summed E-state index contributed by atoms with van der Waals surface area (Å²) < 4.78 is 0. The van der Waals surface area contributed by atoms with Gasteiger partial charge >= 0.3 is 0 Å². The van der Waals surface area contributed by atoms with Crippen LogP contribution in [0, 0.1) is 6.92 Å². The average molecular weight is 229 g/mol. The maximum Gasteiger partial charge on any atom is 0.0461 e. The van der Waals surface area contributed by atoms with E-state index in [1.165, 1.54) is 27.7 Å². The van der Waals surface area contributed by atoms with Gasteiger partial charge in [0.15, 0.2) is 0 Å². The van der Waals surface area contributed by atoms with Gasteiger partial charge in [0, 0.05) is 16.6 Å². The molecule has 0 radical (unpaired) electrons. The molecule has 0 aliphatic carbocycles. The van der Waals surface area contributed by atoms with Crippen LogP contribution in [0.4, 0.5) is 0 Å². The zero-order chi connectivity index (χ0) is 12.8. The molecule has 0 amide bonds. The minimum Gasteiger partial charge on any atom is -0.355 e. The van der Waals surface area contributed by atoms with Gasteiger partial charge in [-0.1, -0.05) is 44.5 Å². The Balaban J connectivity index is 0.000000686. The fraction of sp³-hybridized carbons (Fsp3) is 0.375. The number of nitrogens with one attached hydrogen (secondary N) is 1. The number of aromatic amines is 1. The molecule has 1 heterocycles. The van der Waals surface area contributed by atoms with Crippen LogP contribution >= 0.6 is 0 Å². The Morgan fingerprint density at radius 1 is 1.24 bits per heavy atom. The van der Waals surface area contributed by atoms with Crippen LogP contribution in [-0.2, 0) is 0 Å². The van der Waals surface area contributed by atoms with E-state index in [0.29, 0.717) is 0 Å². The first-order valence-corrected chi connectivity index (χ1v) is 6.47. The molecule has 92 valence electrons. The molecule has 0 atom stereocenters. The van der Waals surface area contributed by atoms with Gasteiger partial charge in [0.05, 0.1) is 0 Å². The smallest absolute Gasteiger partial charge is 0.0461 e. The average Bonchev–Trinajstić information content (AvgIpc) is 2.69. The van der Waals surface area contributed by atoms with Gasteiger partial charge in [-0.2, -0.15) is 0 Å². The Morgan fingerprint density at radius 3 is 2.47 bits per heavy atom. The summed E-state index contributed by atoms with van der Waals surface area (Å²) in [7, 11) is 0. The largest absolute Gasteiger partial charge is 0.355 e. The van der Waals surface area contributed by atoms with Gasteiger partial charge in [-0.05, 0) is 38.0 Å². The van der Waals surface area contributed by atoms with Crippen molar-refractivity contribution in [3.8, 4) is 0 Å². The van der Waals surface area contributed by atoms with E-state index in [4.69, 9.17) is 0 Å². The molecule has 0 fully saturated rings. The number of allylic oxidation sites excluding steroid dienone is 1. The molecule has 0 aliphatic heterocycles. The van der Waals surface area contributed by atoms with Crippen LogP contribution in [0.3, 0.4) is 0 Å². The van der Waals surface area contributed by atoms with Crippen LogP contribution < -0.4 is 0 Å². The second-order valence-electron chi connectivity index (χ2n) is 4.05. The van der Waals surface area contributed by atoms with Crippen molar-refractivity contribution in [2.24, 2.45) is 0 Å². The summed E-state index contributed by atoms with van der Waals surface area (Å²) >= 11 is 0. The minimum atomic E-state index is 1.11. The molecular formula is C16H23N. The van der Waals surface area contributed by atoms with Crippen molar-refractivity contribution in [3.05, 3.63) is 41.1 Å². The predicted octanol–water partition coefficient (Wildman–Crippen LogP) is 5.32. The van der Waals surface area contributed by atoms with E-state index in [-0.39, 0.29) is 0 Å². The molecule has 0 saturated carbocycles. The second-order valence-corrected chi connectivity index (χ2v) is 4.05. The van der Waals surface area contributed by atoms with Crippen LogP contribution in [0.2, 0.25) is 0 Å². The molecule has 0 aliphatic rings. The van der Waals surface area contributed by atoms with Crippen LogP contribution in [-0.4, -0.2) is 4.98 Å². The first kappa shape index (κ1) is 13.6. The van der Waals surface area contributed by atoms with Crippen molar-refractivity contribution in [3.63, 3.8) is 0 Å². The lowest BCUT2D eigenvalue weighted by Gasteiger charge is -1.95. The van der Waals surface area contributed by atoms with Gasteiger partial charge in [-0.15, -0.1) is 0 Å². The third-order valence-corrected chi connectivity index (χ3v) is 2.95. The maximum atomic E-state index is 3.45. The standard InChI is InChI=1S/C14H17N.C2H6/c1-4-10(2)9-14-11(3)12-7-5-6-8-13(12)15-14;1-2/h5-9,15H,4H2,1-3H3;1-2H3/b10-9-;. The van der Waals surface area contributed by atoms with Crippen LogP contribution in [0.15, 0.2) is 29.8 Å². The highest BCUT2D eigenvalue weighted by molar-refractivity contribution is 5.86. The molecular weight excluding hydrogens is 206 g/mol. The third-order valence-electron chi connectivity index (χ3n) is 2.95. The third kappa shape index (κ3) is 3.00. The fourth-order valence-corrected chi connectivity index (χ4v) is 1.80. The van der Waals surface area contributed by atoms with Gasteiger partial charge in [0.2, 0.25) is 0 Å². The number of hydrogen-bond donors (Lipinski definition) is 1. The summed E-state index contributed by atoms with van der Waals surface area (Å²) in [5.74, 6) is 0. The van der Waals surface area contributed by atoms with E-state index in [1.807, 2.05) is 13.8 Å². The Kier molecular flexibility index (Phi) is 5.02. The van der Waals surface area contributed by atoms with Crippen LogP contribution in [0.25, 0.3) is 17.0 Å². The topological polar surface area (TPSA) is 15.8 Å². The van der Waals surface area contributed by atoms with E-state index in [9.17, 15) is 0 Å². The van der Waals surface area contributed by atoms with Gasteiger partial charge in [-0.3, -0.25) is 0 Å². The molecule has 1 heteroatoms. The van der Waals surface area contributed by atoms with Gasteiger partial charge in [0.25, 0.3) is 0 Å². The van der Waals surface area contributed by atoms with E-state index in [0.717, 1.165) is 6.42 Å². The molecule has 0 saturated heterocycles. The Morgan fingerprint density at radius 2 is 1.88 bits per heavy atom. The normalized spacial score (nSPS) is 11.2. The van der Waals surface area contributed by atoms with Crippen molar-refractivity contribution in [1.29, 1.82) is 0 Å². The Bertz CT molecular complexity index is 503. The summed E-state index contributed by atoms with van der Waals surface area (Å²) in [4.78, 5) is 3.45. The number of para-hydroxylation sites is 1. The molecule has 0 bridgehead atoms. The monoisotopic (exact) mass is 229 g/mol. The molecule has 1 aromatic carbocycles. The molecule has 0 spiro atoms. The lowest BCUT2D eigenvalue weighted by atomic mass is 10.1. The Labute approximate surface area is 105 Å². The number of rotatable bonds is 2. The summed E-state index contributed by atoms with van der Waals surface area (Å²) in [5, 5.41) is 1.33. The summed E-state index contributed by atoms with van der Waals surface area (Å²) in [6.07, 6.45) is 3.35. The van der Waals surface area contributed by atoms with E-state index in [2.05, 4.69) is 56.1 Å². The minimum absolute atomic E-state index is 1.11. The predicted molar refractivity (Wildman–Crippen MR) is 78.3 cm³/mol. The number of fused-ring (bicyclic) bond motifs is 1. The zero-order valence-electron chi connectivity index (χ0n) is 11.6. The van der Waals surface area contributed by atoms with Crippen molar-refractivity contribution in [2.75, 3.05) is 0 Å². The second kappa shape index (κ2) is 6.29. The van der Waals surface area contributed by atoms with Crippen LogP contribution in [0.1, 0.15) is 45.4 Å². The van der Waals surface area contributed by atoms with Crippen molar-refractivity contribution in [1.82, 2.24) is 4.98 Å². The quantitative estimate of drug-likeness (QED) is 0.717. The van der Waals surface area contributed by atoms with E-state index in [1.54, 1.807) is 0 Å². The highest BCUT2D eigenvalue weighted by Gasteiger charge is 2.04. The summed E-state index contributed by atoms with van der Waals surface area (Å²) in [5.41, 5.74) is 5.23. The molecule has 2 rings (SSSR count). The van der Waals surface area contributed by atoms with Gasteiger partial charge in [0.1, 0.15) is 0 Å². The molecule has 0 unspecified atom stereocenters. The summed E-state index contributed by atoms with van der Waals surface area (Å²) in [6, 6.07) is 8.45. The number of benzene rings is 1. The molecule has 2 aromatic rings. The van der Waals surface area contributed by atoms with Crippen molar-refractivity contribution < 1.29 is 0 Å². The Hall–Kier alpha value is -1.50. The maximum absolute atomic E-state index is 3.45. The molecule has 17 heavy (non-hydrogen) atoms.